The predicted molar refractivity (Wildman–Crippen MR) is 95.8 cm³/mol. The van der Waals surface area contributed by atoms with Crippen LogP contribution in [0.3, 0.4) is 0 Å². The Labute approximate surface area is 147 Å². The van der Waals surface area contributed by atoms with E-state index in [1.807, 2.05) is 42.7 Å². The number of benzene rings is 1. The number of hydrogen-bond acceptors (Lipinski definition) is 5. The molecule has 0 fully saturated rings. The van der Waals surface area contributed by atoms with E-state index in [-0.39, 0.29) is 0 Å². The summed E-state index contributed by atoms with van der Waals surface area (Å²) < 4.78 is 2.05. The average molecular weight is 334 g/mol. The first-order valence-electron chi connectivity index (χ1n) is 8.84. The van der Waals surface area contributed by atoms with Crippen LogP contribution in [-0.4, -0.2) is 30.8 Å². The highest BCUT2D eigenvalue weighted by Gasteiger charge is 2.20. The molecule has 0 radical (unpaired) electrons. The molecule has 3 aromatic rings. The summed E-state index contributed by atoms with van der Waals surface area (Å²) in [7, 11) is 0. The second-order valence-corrected chi connectivity index (χ2v) is 6.38. The first kappa shape index (κ1) is 15.9. The van der Waals surface area contributed by atoms with Crippen molar-refractivity contribution in [2.45, 2.75) is 45.3 Å². The summed E-state index contributed by atoms with van der Waals surface area (Å²) in [6.07, 6.45) is 6.77. The topological polar surface area (TPSA) is 68.5 Å². The van der Waals surface area contributed by atoms with Gasteiger partial charge in [-0.2, -0.15) is 5.10 Å². The highest BCUT2D eigenvalue weighted by Crippen LogP contribution is 2.15. The first-order chi connectivity index (χ1) is 12.3. The van der Waals surface area contributed by atoms with Gasteiger partial charge in [-0.15, -0.1) is 0 Å². The highest BCUT2D eigenvalue weighted by molar-refractivity contribution is 5.53. The van der Waals surface area contributed by atoms with Gasteiger partial charge in [-0.25, -0.2) is 19.6 Å². The molecule has 6 nitrogen and oxygen atoms in total. The molecule has 2 aromatic heterocycles. The fourth-order valence-electron chi connectivity index (χ4n) is 3.12. The lowest BCUT2D eigenvalue weighted by Crippen LogP contribution is -2.37. The lowest BCUT2D eigenvalue weighted by molar-refractivity contribution is 0.357. The monoisotopic (exact) mass is 334 g/mol. The summed E-state index contributed by atoms with van der Waals surface area (Å²) in [6.45, 7) is 3.74. The largest absolute Gasteiger partial charge is 0.308 e. The minimum Gasteiger partial charge on any atom is -0.308 e. The Bertz CT molecular complexity index is 825. The van der Waals surface area contributed by atoms with Crippen LogP contribution in [-0.2, 0) is 25.9 Å². The van der Waals surface area contributed by atoms with E-state index in [1.54, 1.807) is 0 Å². The maximum Gasteiger partial charge on any atom is 0.159 e. The number of hydrogen-bond donors (Lipinski definition) is 1. The number of aryl methyl sites for hydroxylation is 2. The van der Waals surface area contributed by atoms with Crippen molar-refractivity contribution in [1.29, 1.82) is 0 Å². The van der Waals surface area contributed by atoms with E-state index < -0.39 is 0 Å². The summed E-state index contributed by atoms with van der Waals surface area (Å²) in [5.74, 6) is 2.83. The van der Waals surface area contributed by atoms with Gasteiger partial charge in [0.15, 0.2) is 11.6 Å². The maximum atomic E-state index is 4.56. The zero-order valence-electron chi connectivity index (χ0n) is 14.4. The molecule has 0 bridgehead atoms. The summed E-state index contributed by atoms with van der Waals surface area (Å²) in [4.78, 5) is 13.5. The molecular weight excluding hydrogens is 312 g/mol. The first-order valence-corrected chi connectivity index (χ1v) is 8.84. The van der Waals surface area contributed by atoms with Gasteiger partial charge in [0.25, 0.3) is 0 Å². The summed E-state index contributed by atoms with van der Waals surface area (Å²) in [5, 5.41) is 8.16. The van der Waals surface area contributed by atoms with Gasteiger partial charge in [-0.3, -0.25) is 0 Å². The molecule has 1 aliphatic rings. The SMILES string of the molecule is CCc1nc2n(n1)CC(NCc1cnc(-c3ccccc3)nc1)CC2. The minimum atomic E-state index is 0.410. The molecule has 25 heavy (non-hydrogen) atoms. The number of aromatic nitrogens is 5. The van der Waals surface area contributed by atoms with Gasteiger partial charge in [0, 0.05) is 48.9 Å². The molecule has 1 N–H and O–H groups in total. The van der Waals surface area contributed by atoms with Crippen LogP contribution >= 0.6 is 0 Å². The molecule has 3 heterocycles. The highest BCUT2D eigenvalue weighted by atomic mass is 15.4. The van der Waals surface area contributed by atoms with E-state index in [4.69, 9.17) is 0 Å². The molecule has 1 aromatic carbocycles. The Morgan fingerprint density at radius 2 is 1.96 bits per heavy atom. The van der Waals surface area contributed by atoms with Gasteiger partial charge in [0.2, 0.25) is 0 Å². The van der Waals surface area contributed by atoms with Crippen LogP contribution in [0.1, 0.15) is 30.6 Å². The quantitative estimate of drug-likeness (QED) is 0.776. The normalized spacial score (nSPS) is 16.6. The number of fused-ring (bicyclic) bond motifs is 1. The fraction of sp³-hybridized carbons (Fsp3) is 0.368. The molecule has 1 aliphatic heterocycles. The van der Waals surface area contributed by atoms with Crippen LogP contribution in [0.2, 0.25) is 0 Å². The molecule has 6 heteroatoms. The van der Waals surface area contributed by atoms with Crippen molar-refractivity contribution in [3.8, 4) is 11.4 Å². The van der Waals surface area contributed by atoms with E-state index in [0.717, 1.165) is 61.0 Å². The molecule has 128 valence electrons. The standard InChI is InChI=1S/C19H22N6/c1-2-17-23-18-9-8-16(13-25(18)24-17)20-10-14-11-21-19(22-12-14)15-6-4-3-5-7-15/h3-7,11-12,16,20H,2,8-10,13H2,1H3. The third-order valence-corrected chi connectivity index (χ3v) is 4.55. The molecule has 1 atom stereocenters. The van der Waals surface area contributed by atoms with Gasteiger partial charge < -0.3 is 5.32 Å². The van der Waals surface area contributed by atoms with Crippen LogP contribution in [0.5, 0.6) is 0 Å². The second-order valence-electron chi connectivity index (χ2n) is 6.38. The van der Waals surface area contributed by atoms with Gasteiger partial charge in [0.05, 0.1) is 6.54 Å². The fourth-order valence-corrected chi connectivity index (χ4v) is 3.12. The van der Waals surface area contributed by atoms with Crippen molar-refractivity contribution in [2.24, 2.45) is 0 Å². The molecule has 0 amide bonds. The number of rotatable bonds is 5. The second kappa shape index (κ2) is 7.11. The van der Waals surface area contributed by atoms with Crippen molar-refractivity contribution in [2.75, 3.05) is 0 Å². The molecule has 0 aliphatic carbocycles. The van der Waals surface area contributed by atoms with Crippen molar-refractivity contribution in [3.63, 3.8) is 0 Å². The van der Waals surface area contributed by atoms with Crippen LogP contribution in [0.4, 0.5) is 0 Å². The van der Waals surface area contributed by atoms with Gasteiger partial charge in [-0.05, 0) is 6.42 Å². The smallest absolute Gasteiger partial charge is 0.159 e. The lowest BCUT2D eigenvalue weighted by Gasteiger charge is -2.23. The molecule has 4 rings (SSSR count). The van der Waals surface area contributed by atoms with E-state index in [0.29, 0.717) is 6.04 Å². The molecule has 0 saturated carbocycles. The van der Waals surface area contributed by atoms with E-state index in [9.17, 15) is 0 Å². The van der Waals surface area contributed by atoms with Gasteiger partial charge in [0.1, 0.15) is 5.82 Å². The lowest BCUT2D eigenvalue weighted by atomic mass is 10.1. The molecule has 1 unspecified atom stereocenters. The third kappa shape index (κ3) is 3.58. The minimum absolute atomic E-state index is 0.410. The molecule has 0 saturated heterocycles. The van der Waals surface area contributed by atoms with E-state index in [1.165, 1.54) is 0 Å². The van der Waals surface area contributed by atoms with Crippen LogP contribution in [0, 0.1) is 0 Å². The van der Waals surface area contributed by atoms with Gasteiger partial charge in [-0.1, -0.05) is 37.3 Å². The Morgan fingerprint density at radius 3 is 2.72 bits per heavy atom. The van der Waals surface area contributed by atoms with Crippen molar-refractivity contribution in [3.05, 3.63) is 59.9 Å². The zero-order chi connectivity index (χ0) is 17.1. The Balaban J connectivity index is 1.36. The Morgan fingerprint density at radius 1 is 1.16 bits per heavy atom. The Hall–Kier alpha value is -2.60. The molecular formula is C19H22N6. The summed E-state index contributed by atoms with van der Waals surface area (Å²) in [5.41, 5.74) is 2.14. The average Bonchev–Trinajstić information content (AvgIpc) is 3.10. The third-order valence-electron chi connectivity index (χ3n) is 4.55. The maximum absolute atomic E-state index is 4.56. The predicted octanol–water partition coefficient (Wildman–Crippen LogP) is 2.40. The van der Waals surface area contributed by atoms with Crippen LogP contribution in [0.15, 0.2) is 42.7 Å². The summed E-state index contributed by atoms with van der Waals surface area (Å²) >= 11 is 0. The Kier molecular flexibility index (Phi) is 4.52. The van der Waals surface area contributed by atoms with E-state index in [2.05, 4.69) is 37.0 Å². The van der Waals surface area contributed by atoms with Gasteiger partial charge >= 0.3 is 0 Å². The number of nitrogens with one attached hydrogen (secondary N) is 1. The molecule has 0 spiro atoms. The van der Waals surface area contributed by atoms with E-state index >= 15 is 0 Å². The summed E-state index contributed by atoms with van der Waals surface area (Å²) in [6, 6.07) is 10.5. The van der Waals surface area contributed by atoms with Crippen LogP contribution in [0.25, 0.3) is 11.4 Å². The number of nitrogens with zero attached hydrogens (tertiary/aromatic N) is 5. The van der Waals surface area contributed by atoms with Crippen molar-refractivity contribution in [1.82, 2.24) is 30.0 Å². The van der Waals surface area contributed by atoms with Crippen molar-refractivity contribution >= 4 is 0 Å². The zero-order valence-corrected chi connectivity index (χ0v) is 14.4. The van der Waals surface area contributed by atoms with Crippen molar-refractivity contribution < 1.29 is 0 Å². The van der Waals surface area contributed by atoms with Crippen LogP contribution < -0.4 is 5.32 Å².